The summed E-state index contributed by atoms with van der Waals surface area (Å²) in [6, 6.07) is 6.36. The number of carbonyl (C=O) groups excluding carboxylic acids is 9. The number of morpholine rings is 1. The first-order chi connectivity index (χ1) is 55.6. The van der Waals surface area contributed by atoms with Gasteiger partial charge in [-0.15, -0.1) is 0 Å². The van der Waals surface area contributed by atoms with Crippen LogP contribution in [0.1, 0.15) is 105 Å². The number of rotatable bonds is 17. The molecule has 0 saturated carbocycles. The summed E-state index contributed by atoms with van der Waals surface area (Å²) in [7, 11) is 1.47. The van der Waals surface area contributed by atoms with E-state index in [4.69, 9.17) is 67.8 Å². The number of phenols is 3. The molecule has 39 heteroatoms. The van der Waals surface area contributed by atoms with Crippen molar-refractivity contribution < 1.29 is 122 Å². The van der Waals surface area contributed by atoms with Crippen LogP contribution in [0, 0.1) is 5.92 Å². The van der Waals surface area contributed by atoms with Gasteiger partial charge in [-0.1, -0.05) is 55.2 Å². The van der Waals surface area contributed by atoms with Crippen molar-refractivity contribution in [2.75, 3.05) is 56.7 Å². The van der Waals surface area contributed by atoms with E-state index in [-0.39, 0.29) is 46.2 Å². The Morgan fingerprint density at radius 1 is 0.701 bits per heavy atom. The van der Waals surface area contributed by atoms with Crippen molar-refractivity contribution >= 4 is 87.7 Å². The fraction of sp³-hybridized carbons (Fsp3) is 0.423. The van der Waals surface area contributed by atoms with Crippen molar-refractivity contribution in [2.45, 2.75) is 156 Å². The second-order valence-electron chi connectivity index (χ2n) is 29.8. The Hall–Kier alpha value is -10.8. The highest BCUT2D eigenvalue weighted by atomic mass is 35.5. The van der Waals surface area contributed by atoms with E-state index in [0.717, 1.165) is 72.4 Å². The zero-order chi connectivity index (χ0) is 84.3. The summed E-state index contributed by atoms with van der Waals surface area (Å²) in [5.74, 6) is -16.2. The minimum absolute atomic E-state index is 0.109. The zero-order valence-electron chi connectivity index (χ0n) is 63.5. The molecule has 3 saturated heterocycles. The van der Waals surface area contributed by atoms with Crippen molar-refractivity contribution in [3.05, 3.63) is 141 Å². The Labute approximate surface area is 677 Å². The molecule has 6 aromatic carbocycles. The van der Waals surface area contributed by atoms with Crippen LogP contribution in [0.25, 0.3) is 11.1 Å². The third kappa shape index (κ3) is 19.1. The smallest absolute Gasteiger partial charge is 0.248 e. The van der Waals surface area contributed by atoms with Gasteiger partial charge in [-0.3, -0.25) is 43.2 Å². The van der Waals surface area contributed by atoms with Gasteiger partial charge in [0, 0.05) is 53.6 Å². The molecule has 0 aromatic heterocycles. The van der Waals surface area contributed by atoms with Gasteiger partial charge < -0.3 is 143 Å². The maximum Gasteiger partial charge on any atom is 0.248 e. The van der Waals surface area contributed by atoms with Crippen LogP contribution < -0.4 is 78.4 Å². The van der Waals surface area contributed by atoms with Crippen LogP contribution >= 0.6 is 23.2 Å². The first-order valence-corrected chi connectivity index (χ1v) is 38.1. The number of amides is 9. The van der Waals surface area contributed by atoms with Crippen LogP contribution in [-0.4, -0.2) is 225 Å². The molecule has 8 heterocycles. The van der Waals surface area contributed by atoms with Gasteiger partial charge in [-0.25, -0.2) is 0 Å². The molecule has 18 atom stereocenters. The number of nitrogens with zero attached hydrogens (tertiary/aromatic N) is 1. The molecule has 18 unspecified atom stereocenters. The standard InChI is InChI=1S/C78H90Cl2N12O25/c1-32(2)20-45(83-5)70(104)90-61-63(99)35-7-14-49(43(79)22-35)113-51-24-37-25-52(67(51)117-77-68(66(102)65(101)53(31-93)115-77)116-56-29-78(4,82)69(103)33(3)112-56)114-50-15-8-36(23-44(50)80)64(100)62-76(110)89-60(72(106)84-30-55(98)85-38-9-11-39(12-10-38)92-16-18-111-19-17-92)42-26-40(94)27-48(96)57(42)41-21-34(6-13-47(41)95)58(73(107)91-62)88-74(108)59(37)87-71(105)46(28-54(81)97)86-75(61)109/h6-15,21-27,32-33,45-46,53,56,58-66,68-69,77,83,93-96,99-103H,16-20,28-31,82H2,1-5H3,(H2,81,97)(H,84,106)(H,85,98)(H,86,109)(H,87,105)(H,88,108)(H,89,110)(H,90,104)(H,91,107). The summed E-state index contributed by atoms with van der Waals surface area (Å²) < 4.78 is 44.1. The van der Waals surface area contributed by atoms with Crippen LogP contribution in [0.15, 0.2) is 103 Å². The van der Waals surface area contributed by atoms with Gasteiger partial charge >= 0.3 is 0 Å². The minimum atomic E-state index is -2.37. The number of aliphatic hydroxyl groups excluding tert-OH is 6. The van der Waals surface area contributed by atoms with Crippen LogP contribution in [-0.2, 0) is 62.1 Å². The average molecular weight is 1670 g/mol. The van der Waals surface area contributed by atoms with E-state index in [1.54, 1.807) is 24.3 Å². The topological polar surface area (TPSA) is 564 Å². The highest BCUT2D eigenvalue weighted by Gasteiger charge is 2.52. The number of fused-ring (bicyclic) bond motifs is 15. The largest absolute Gasteiger partial charge is 0.508 e. The van der Waals surface area contributed by atoms with Crippen LogP contribution in [0.3, 0.4) is 0 Å². The van der Waals surface area contributed by atoms with Crippen LogP contribution in [0.5, 0.6) is 46.0 Å². The van der Waals surface area contributed by atoms with E-state index < -0.39 is 250 Å². The summed E-state index contributed by atoms with van der Waals surface area (Å²) >= 11 is 14.3. The number of hydrogen-bond acceptors (Lipinski definition) is 28. The average Bonchev–Trinajstić information content (AvgIpc) is 0.767. The normalized spacial score (nSPS) is 27.7. The number of aliphatic hydroxyl groups is 6. The SMILES string of the molecule is CNC(CC(C)C)C(=O)NC1C(=O)NC(CC(N)=O)C(=O)NC2C(=O)NC3C(=O)NC(C(=O)NC(C(=O)NCC(=O)Nc4ccc(N5CCOCC5)cc4)c4cc(O)cc(O)c4-c4cc3ccc4O)C(O)c3ccc(c(Cl)c3)Oc3cc2cc(c3OC2OC(CO)C(O)C(O)C2OC2CC(C)(N)C(O)C(C)O2)Oc2ccc(cc2Cl)C1O. The molecule has 0 spiro atoms. The number of phenolic OH excluding ortho intramolecular Hbond substituents is 3. The second-order valence-corrected chi connectivity index (χ2v) is 30.6. The van der Waals surface area contributed by atoms with Crippen LogP contribution in [0.2, 0.25) is 10.0 Å². The number of nitrogens with one attached hydrogen (secondary N) is 9. The second kappa shape index (κ2) is 36.0. The summed E-state index contributed by atoms with van der Waals surface area (Å²) in [5.41, 5.74) is 9.36. The maximum absolute atomic E-state index is 16.3. The molecule has 6 aromatic rings. The number of nitrogens with two attached hydrogens (primary N) is 2. The molecule has 22 N–H and O–H groups in total. The van der Waals surface area contributed by atoms with Crippen molar-refractivity contribution in [1.29, 1.82) is 0 Å². The lowest BCUT2D eigenvalue weighted by Gasteiger charge is -2.47. The quantitative estimate of drug-likeness (QED) is 0.0595. The Morgan fingerprint density at radius 2 is 1.32 bits per heavy atom. The lowest BCUT2D eigenvalue weighted by Crippen LogP contribution is -2.64. The fourth-order valence-electron chi connectivity index (χ4n) is 14.6. The van der Waals surface area contributed by atoms with E-state index in [2.05, 4.69) is 52.8 Å². The third-order valence-corrected chi connectivity index (χ3v) is 21.3. The molecule has 0 aliphatic carbocycles. The molecule has 11 bridgehead atoms. The number of anilines is 2. The Bertz CT molecular complexity index is 4790. The number of halogens is 2. The molecule has 8 aliphatic heterocycles. The number of aromatic hydroxyl groups is 3. The first kappa shape index (κ1) is 85.6. The molecule has 0 radical (unpaired) electrons. The lowest BCUT2D eigenvalue weighted by molar-refractivity contribution is -0.333. The summed E-state index contributed by atoms with van der Waals surface area (Å²) in [6.45, 7) is 7.16. The van der Waals surface area contributed by atoms with Gasteiger partial charge in [0.1, 0.15) is 95.5 Å². The van der Waals surface area contributed by atoms with Gasteiger partial charge in [-0.2, -0.15) is 0 Å². The van der Waals surface area contributed by atoms with E-state index in [1.807, 2.05) is 13.8 Å². The van der Waals surface area contributed by atoms with Crippen molar-refractivity contribution in [1.82, 2.24) is 42.5 Å². The summed E-state index contributed by atoms with van der Waals surface area (Å²) in [4.78, 5) is 136. The molecule has 117 heavy (non-hydrogen) atoms. The predicted octanol–water partition coefficient (Wildman–Crippen LogP) is 0.613. The lowest BCUT2D eigenvalue weighted by atomic mass is 9.86. The molecule has 626 valence electrons. The number of carbonyl (C=O) groups is 9. The van der Waals surface area contributed by atoms with Gasteiger partial charge in [-0.05, 0) is 140 Å². The number of likely N-dealkylation sites (N-methyl/N-ethyl adjacent to an activating group) is 1. The first-order valence-electron chi connectivity index (χ1n) is 37.3. The van der Waals surface area contributed by atoms with Gasteiger partial charge in [0.05, 0.1) is 61.1 Å². The predicted molar refractivity (Wildman–Crippen MR) is 413 cm³/mol. The zero-order valence-corrected chi connectivity index (χ0v) is 65.0. The Morgan fingerprint density at radius 3 is 1.94 bits per heavy atom. The number of benzene rings is 6. The number of ether oxygens (including phenoxy) is 7. The Kier molecular flexibility index (Phi) is 26.3. The van der Waals surface area contributed by atoms with E-state index in [1.165, 1.54) is 33.0 Å². The molecule has 3 fully saturated rings. The number of primary amides is 1. The summed E-state index contributed by atoms with van der Waals surface area (Å²) in [5, 5.41) is 128. The fourth-order valence-corrected chi connectivity index (χ4v) is 15.0. The van der Waals surface area contributed by atoms with Crippen LogP contribution in [0.4, 0.5) is 11.4 Å². The number of hydrogen-bond donors (Lipinski definition) is 20. The molecule has 14 rings (SSSR count). The van der Waals surface area contributed by atoms with Crippen molar-refractivity contribution in [3.63, 3.8) is 0 Å². The molecule has 9 amide bonds. The van der Waals surface area contributed by atoms with Gasteiger partial charge in [0.15, 0.2) is 23.9 Å². The summed E-state index contributed by atoms with van der Waals surface area (Å²) in [6.07, 6.45) is -18.8. The highest BCUT2D eigenvalue weighted by molar-refractivity contribution is 6.32. The monoisotopic (exact) mass is 1660 g/mol. The molecule has 37 nitrogen and oxygen atoms in total. The van der Waals surface area contributed by atoms with E-state index in [9.17, 15) is 69.9 Å². The molecular weight excluding hydrogens is 1580 g/mol. The molecular formula is C78H90Cl2N12O25. The van der Waals surface area contributed by atoms with Gasteiger partial charge in [0.2, 0.25) is 65.2 Å². The van der Waals surface area contributed by atoms with Crippen molar-refractivity contribution in [3.8, 4) is 57.1 Å². The van der Waals surface area contributed by atoms with Gasteiger partial charge in [0.25, 0.3) is 0 Å². The van der Waals surface area contributed by atoms with Crippen molar-refractivity contribution in [2.24, 2.45) is 17.4 Å². The van der Waals surface area contributed by atoms with E-state index >= 15 is 19.2 Å². The highest BCUT2D eigenvalue weighted by Crippen LogP contribution is 2.50. The molecule has 8 aliphatic rings. The maximum atomic E-state index is 16.3. The Balaban J connectivity index is 1.03. The van der Waals surface area contributed by atoms with E-state index in [0.29, 0.717) is 32.0 Å². The third-order valence-electron chi connectivity index (χ3n) is 20.7. The minimum Gasteiger partial charge on any atom is -0.508 e.